The molecule has 2 aliphatic heterocycles. The zero-order chi connectivity index (χ0) is 20.9. The molecule has 0 radical (unpaired) electrons. The number of amides is 2. The fourth-order valence-corrected chi connectivity index (χ4v) is 4.29. The topological polar surface area (TPSA) is 49.9 Å². The summed E-state index contributed by atoms with van der Waals surface area (Å²) < 4.78 is 5.96. The predicted molar refractivity (Wildman–Crippen MR) is 116 cm³/mol. The molecule has 2 aromatic rings. The van der Waals surface area contributed by atoms with Gasteiger partial charge in [0.25, 0.3) is 5.91 Å². The molecule has 158 valence electrons. The summed E-state index contributed by atoms with van der Waals surface area (Å²) in [5, 5.41) is 0. The minimum Gasteiger partial charge on any atom is -0.491 e. The van der Waals surface area contributed by atoms with Crippen LogP contribution in [0.1, 0.15) is 54.1 Å². The van der Waals surface area contributed by atoms with Gasteiger partial charge >= 0.3 is 0 Å². The molecule has 30 heavy (non-hydrogen) atoms. The van der Waals surface area contributed by atoms with Crippen molar-refractivity contribution >= 4 is 11.8 Å². The average molecular weight is 407 g/mol. The van der Waals surface area contributed by atoms with Crippen LogP contribution < -0.4 is 4.74 Å². The molecule has 0 aliphatic carbocycles. The third-order valence-electron chi connectivity index (χ3n) is 6.07. The minimum atomic E-state index is -0.000594. The van der Waals surface area contributed by atoms with Gasteiger partial charge in [-0.25, -0.2) is 0 Å². The molecule has 1 fully saturated rings. The Hall–Kier alpha value is -2.82. The Bertz CT molecular complexity index is 891. The lowest BCUT2D eigenvalue weighted by Gasteiger charge is -2.26. The molecule has 0 unspecified atom stereocenters. The van der Waals surface area contributed by atoms with Crippen LogP contribution in [0.25, 0.3) is 0 Å². The number of fused-ring (bicyclic) bond motifs is 1. The van der Waals surface area contributed by atoms with Crippen LogP contribution in [0.3, 0.4) is 0 Å². The number of aryl methyl sites for hydroxylation is 1. The van der Waals surface area contributed by atoms with E-state index in [9.17, 15) is 9.59 Å². The predicted octanol–water partition coefficient (Wildman–Crippen LogP) is 4.06. The summed E-state index contributed by atoms with van der Waals surface area (Å²) >= 11 is 0. The second kappa shape index (κ2) is 9.33. The van der Waals surface area contributed by atoms with Crippen molar-refractivity contribution in [1.29, 1.82) is 0 Å². The second-order valence-corrected chi connectivity index (χ2v) is 8.34. The van der Waals surface area contributed by atoms with Crippen LogP contribution >= 0.6 is 0 Å². The van der Waals surface area contributed by atoms with Crippen LogP contribution in [0.5, 0.6) is 5.75 Å². The number of carbonyl (C=O) groups is 2. The van der Waals surface area contributed by atoms with E-state index in [0.717, 1.165) is 50.1 Å². The van der Waals surface area contributed by atoms with Crippen molar-refractivity contribution in [2.24, 2.45) is 0 Å². The van der Waals surface area contributed by atoms with Crippen LogP contribution in [-0.4, -0.2) is 47.4 Å². The summed E-state index contributed by atoms with van der Waals surface area (Å²) in [7, 11) is 0. The molecule has 5 nitrogen and oxygen atoms in total. The summed E-state index contributed by atoms with van der Waals surface area (Å²) in [5.41, 5.74) is 2.86. The highest BCUT2D eigenvalue weighted by molar-refractivity contribution is 5.94. The van der Waals surface area contributed by atoms with E-state index in [0.29, 0.717) is 25.1 Å². The second-order valence-electron chi connectivity index (χ2n) is 8.34. The van der Waals surface area contributed by atoms with E-state index in [-0.39, 0.29) is 17.9 Å². The average Bonchev–Trinajstić information content (AvgIpc) is 3.25. The lowest BCUT2D eigenvalue weighted by Crippen LogP contribution is -2.39. The highest BCUT2D eigenvalue weighted by Crippen LogP contribution is 2.28. The zero-order valence-corrected chi connectivity index (χ0v) is 17.7. The van der Waals surface area contributed by atoms with Gasteiger partial charge in [-0.15, -0.1) is 0 Å². The smallest absolute Gasteiger partial charge is 0.253 e. The Balaban J connectivity index is 1.43. The van der Waals surface area contributed by atoms with Gasteiger partial charge in [-0.3, -0.25) is 9.59 Å². The number of likely N-dealkylation sites (tertiary alicyclic amines) is 1. The van der Waals surface area contributed by atoms with Crippen LogP contribution in [-0.2, 0) is 17.8 Å². The van der Waals surface area contributed by atoms with Crippen molar-refractivity contribution in [2.75, 3.05) is 19.7 Å². The Morgan fingerprint density at radius 3 is 2.60 bits per heavy atom. The Morgan fingerprint density at radius 1 is 1.07 bits per heavy atom. The van der Waals surface area contributed by atoms with E-state index in [1.165, 1.54) is 5.56 Å². The van der Waals surface area contributed by atoms with Crippen LogP contribution in [0, 0.1) is 0 Å². The number of hydrogen-bond acceptors (Lipinski definition) is 3. The van der Waals surface area contributed by atoms with Crippen LogP contribution in [0.2, 0.25) is 0 Å². The molecule has 1 atom stereocenters. The van der Waals surface area contributed by atoms with E-state index in [1.807, 2.05) is 53.1 Å². The lowest BCUT2D eigenvalue weighted by molar-refractivity contribution is -0.134. The molecular weight excluding hydrogens is 376 g/mol. The molecule has 0 spiro atoms. The molecule has 2 amide bonds. The lowest BCUT2D eigenvalue weighted by atomic mass is 10.1. The normalized spacial score (nSPS) is 18.5. The van der Waals surface area contributed by atoms with E-state index >= 15 is 0 Å². The van der Waals surface area contributed by atoms with Gasteiger partial charge < -0.3 is 14.5 Å². The molecule has 2 aliphatic rings. The molecule has 4 rings (SSSR count). The van der Waals surface area contributed by atoms with E-state index in [1.54, 1.807) is 0 Å². The maximum absolute atomic E-state index is 13.0. The SMILES string of the molecule is C[C@H]1COc2ccc(C(=O)N3CCCC3)cc2CN1C(=O)CCCc1ccccc1. The standard InChI is InChI=1S/C25H30N2O3/c1-19-18-30-23-13-12-21(25(29)26-14-5-6-15-26)16-22(23)17-27(19)24(28)11-7-10-20-8-3-2-4-9-20/h2-4,8-9,12-13,16,19H,5-7,10-11,14-15,17-18H2,1H3/t19-/m0/s1. The highest BCUT2D eigenvalue weighted by atomic mass is 16.5. The largest absolute Gasteiger partial charge is 0.491 e. The molecule has 2 aromatic carbocycles. The van der Waals surface area contributed by atoms with Gasteiger partial charge in [-0.2, -0.15) is 0 Å². The number of carbonyl (C=O) groups excluding carboxylic acids is 2. The quantitative estimate of drug-likeness (QED) is 0.753. The van der Waals surface area contributed by atoms with Gasteiger partial charge in [0.15, 0.2) is 0 Å². The molecule has 1 saturated heterocycles. The number of nitrogens with zero attached hydrogens (tertiary/aromatic N) is 2. The minimum absolute atomic E-state index is 0.000594. The molecule has 5 heteroatoms. The van der Waals surface area contributed by atoms with Gasteiger partial charge in [-0.05, 0) is 56.4 Å². The maximum atomic E-state index is 13.0. The molecule has 2 heterocycles. The first-order valence-corrected chi connectivity index (χ1v) is 11.0. The fourth-order valence-electron chi connectivity index (χ4n) is 4.29. The first-order chi connectivity index (χ1) is 14.6. The van der Waals surface area contributed by atoms with Gasteiger partial charge in [0.2, 0.25) is 5.91 Å². The van der Waals surface area contributed by atoms with Gasteiger partial charge in [0.05, 0.1) is 6.04 Å². The Kier molecular flexibility index (Phi) is 6.36. The summed E-state index contributed by atoms with van der Waals surface area (Å²) in [6.45, 7) is 4.64. The number of benzene rings is 2. The number of ether oxygens (including phenoxy) is 1. The zero-order valence-electron chi connectivity index (χ0n) is 17.7. The monoisotopic (exact) mass is 406 g/mol. The van der Waals surface area contributed by atoms with Crippen molar-refractivity contribution < 1.29 is 14.3 Å². The van der Waals surface area contributed by atoms with Crippen molar-refractivity contribution in [2.45, 2.75) is 51.6 Å². The van der Waals surface area contributed by atoms with Crippen molar-refractivity contribution in [3.05, 3.63) is 65.2 Å². The molecule has 0 saturated carbocycles. The van der Waals surface area contributed by atoms with Gasteiger partial charge in [-0.1, -0.05) is 30.3 Å². The van der Waals surface area contributed by atoms with Gasteiger partial charge in [0, 0.05) is 37.2 Å². The van der Waals surface area contributed by atoms with Crippen LogP contribution in [0.4, 0.5) is 0 Å². The molecule has 0 bridgehead atoms. The summed E-state index contributed by atoms with van der Waals surface area (Å²) in [6, 6.07) is 15.9. The molecule has 0 N–H and O–H groups in total. The summed E-state index contributed by atoms with van der Waals surface area (Å²) in [4.78, 5) is 29.6. The highest BCUT2D eigenvalue weighted by Gasteiger charge is 2.27. The molecular formula is C25H30N2O3. The third-order valence-corrected chi connectivity index (χ3v) is 6.07. The first-order valence-electron chi connectivity index (χ1n) is 11.0. The maximum Gasteiger partial charge on any atom is 0.253 e. The Labute approximate surface area is 178 Å². The van der Waals surface area contributed by atoms with E-state index in [2.05, 4.69) is 12.1 Å². The summed E-state index contributed by atoms with van der Waals surface area (Å²) in [6.07, 6.45) is 4.38. The van der Waals surface area contributed by atoms with Crippen molar-refractivity contribution in [3.8, 4) is 5.75 Å². The van der Waals surface area contributed by atoms with Gasteiger partial charge in [0.1, 0.15) is 12.4 Å². The van der Waals surface area contributed by atoms with E-state index < -0.39 is 0 Å². The fraction of sp³-hybridized carbons (Fsp3) is 0.440. The third kappa shape index (κ3) is 4.66. The van der Waals surface area contributed by atoms with Crippen molar-refractivity contribution in [3.63, 3.8) is 0 Å². The van der Waals surface area contributed by atoms with Crippen molar-refractivity contribution in [1.82, 2.24) is 9.80 Å². The van der Waals surface area contributed by atoms with Crippen LogP contribution in [0.15, 0.2) is 48.5 Å². The number of rotatable bonds is 5. The molecule has 0 aromatic heterocycles. The summed E-state index contributed by atoms with van der Waals surface area (Å²) in [5.74, 6) is 0.999. The van der Waals surface area contributed by atoms with E-state index in [4.69, 9.17) is 4.74 Å². The number of hydrogen-bond donors (Lipinski definition) is 0. The first kappa shape index (κ1) is 20.5. The Morgan fingerprint density at radius 2 is 1.83 bits per heavy atom.